The van der Waals surface area contributed by atoms with Gasteiger partial charge in [0.2, 0.25) is 0 Å². The Morgan fingerprint density at radius 2 is 2.00 bits per heavy atom. The van der Waals surface area contributed by atoms with E-state index in [1.165, 1.54) is 5.56 Å². The molecule has 3 aromatic rings. The maximum Gasteiger partial charge on any atom is 0.180 e. The number of nitrogens with zero attached hydrogens (tertiary/aromatic N) is 4. The lowest BCUT2D eigenvalue weighted by Crippen LogP contribution is -2.05. The molecule has 3 aromatic heterocycles. The number of anilines is 1. The minimum atomic E-state index is 0.660. The summed E-state index contributed by atoms with van der Waals surface area (Å²) in [6, 6.07) is 3.85. The summed E-state index contributed by atoms with van der Waals surface area (Å²) >= 11 is 0. The van der Waals surface area contributed by atoms with Gasteiger partial charge in [-0.3, -0.25) is 4.98 Å². The Kier molecular flexibility index (Phi) is 3.77. The SMILES string of the molecule is Cc1noc(C)c1CCCNc1ccc2nccnc2n1. The van der Waals surface area contributed by atoms with Gasteiger partial charge in [-0.2, -0.15) is 0 Å². The molecule has 108 valence electrons. The number of aromatic nitrogens is 4. The Labute approximate surface area is 122 Å². The first-order valence-corrected chi connectivity index (χ1v) is 6.97. The fourth-order valence-corrected chi connectivity index (χ4v) is 2.29. The largest absolute Gasteiger partial charge is 0.370 e. The first-order valence-electron chi connectivity index (χ1n) is 6.97. The number of pyridine rings is 1. The molecule has 1 N–H and O–H groups in total. The van der Waals surface area contributed by atoms with Gasteiger partial charge in [-0.1, -0.05) is 5.16 Å². The zero-order valence-corrected chi connectivity index (χ0v) is 12.1. The summed E-state index contributed by atoms with van der Waals surface area (Å²) in [6.07, 6.45) is 5.25. The summed E-state index contributed by atoms with van der Waals surface area (Å²) in [6.45, 7) is 4.76. The van der Waals surface area contributed by atoms with Crippen molar-refractivity contribution in [2.45, 2.75) is 26.7 Å². The van der Waals surface area contributed by atoms with E-state index in [1.54, 1.807) is 12.4 Å². The molecule has 0 fully saturated rings. The van der Waals surface area contributed by atoms with Crippen LogP contribution in [0, 0.1) is 13.8 Å². The van der Waals surface area contributed by atoms with Crippen molar-refractivity contribution < 1.29 is 4.52 Å². The van der Waals surface area contributed by atoms with Crippen LogP contribution >= 0.6 is 0 Å². The third-order valence-electron chi connectivity index (χ3n) is 3.42. The fraction of sp³-hybridized carbons (Fsp3) is 0.333. The van der Waals surface area contributed by atoms with Crippen LogP contribution in [-0.4, -0.2) is 26.7 Å². The molecule has 0 aliphatic carbocycles. The minimum absolute atomic E-state index is 0.660. The van der Waals surface area contributed by atoms with Crippen LogP contribution in [0.4, 0.5) is 5.82 Å². The zero-order chi connectivity index (χ0) is 14.7. The van der Waals surface area contributed by atoms with Crippen molar-refractivity contribution in [2.24, 2.45) is 0 Å². The number of aryl methyl sites for hydroxylation is 2. The maximum atomic E-state index is 5.16. The molecule has 6 heteroatoms. The van der Waals surface area contributed by atoms with E-state index in [0.29, 0.717) is 5.65 Å². The molecule has 0 amide bonds. The van der Waals surface area contributed by atoms with Crippen LogP contribution in [0.3, 0.4) is 0 Å². The van der Waals surface area contributed by atoms with Gasteiger partial charge >= 0.3 is 0 Å². The van der Waals surface area contributed by atoms with Gasteiger partial charge in [0.1, 0.15) is 17.1 Å². The number of rotatable bonds is 5. The Balaban J connectivity index is 1.57. The molecule has 6 nitrogen and oxygen atoms in total. The average molecular weight is 283 g/mol. The van der Waals surface area contributed by atoms with Gasteiger partial charge in [0.25, 0.3) is 0 Å². The summed E-state index contributed by atoms with van der Waals surface area (Å²) in [7, 11) is 0. The lowest BCUT2D eigenvalue weighted by molar-refractivity contribution is 0.392. The van der Waals surface area contributed by atoms with E-state index in [0.717, 1.165) is 42.2 Å². The first kappa shape index (κ1) is 13.5. The van der Waals surface area contributed by atoms with Crippen LogP contribution in [0.15, 0.2) is 29.0 Å². The van der Waals surface area contributed by atoms with E-state index in [4.69, 9.17) is 4.52 Å². The lowest BCUT2D eigenvalue weighted by atomic mass is 10.1. The van der Waals surface area contributed by atoms with Crippen molar-refractivity contribution in [2.75, 3.05) is 11.9 Å². The number of hydrogen-bond donors (Lipinski definition) is 1. The average Bonchev–Trinajstić information content (AvgIpc) is 2.83. The highest BCUT2D eigenvalue weighted by Gasteiger charge is 2.08. The zero-order valence-electron chi connectivity index (χ0n) is 12.1. The number of nitrogens with one attached hydrogen (secondary N) is 1. The van der Waals surface area contributed by atoms with E-state index in [2.05, 4.69) is 25.4 Å². The van der Waals surface area contributed by atoms with Crippen molar-refractivity contribution in [3.63, 3.8) is 0 Å². The molecule has 0 saturated heterocycles. The van der Waals surface area contributed by atoms with Gasteiger partial charge in [-0.25, -0.2) is 9.97 Å². The van der Waals surface area contributed by atoms with Gasteiger partial charge in [0, 0.05) is 24.5 Å². The highest BCUT2D eigenvalue weighted by Crippen LogP contribution is 2.15. The van der Waals surface area contributed by atoms with Gasteiger partial charge in [0.15, 0.2) is 5.65 Å². The second-order valence-corrected chi connectivity index (χ2v) is 4.93. The van der Waals surface area contributed by atoms with E-state index >= 15 is 0 Å². The quantitative estimate of drug-likeness (QED) is 0.725. The van der Waals surface area contributed by atoms with Crippen molar-refractivity contribution in [3.8, 4) is 0 Å². The topological polar surface area (TPSA) is 76.7 Å². The number of hydrogen-bond acceptors (Lipinski definition) is 6. The molecule has 3 rings (SSSR count). The highest BCUT2D eigenvalue weighted by molar-refractivity contribution is 5.71. The summed E-state index contributed by atoms with van der Waals surface area (Å²) in [5.74, 6) is 1.73. The van der Waals surface area contributed by atoms with E-state index in [1.807, 2.05) is 26.0 Å². The molecule has 0 atom stereocenters. The van der Waals surface area contributed by atoms with Crippen LogP contribution in [0.2, 0.25) is 0 Å². The molecule has 0 spiro atoms. The van der Waals surface area contributed by atoms with Crippen LogP contribution in [-0.2, 0) is 6.42 Å². The Morgan fingerprint density at radius 3 is 2.81 bits per heavy atom. The summed E-state index contributed by atoms with van der Waals surface area (Å²) in [5, 5.41) is 7.27. The summed E-state index contributed by atoms with van der Waals surface area (Å²) in [5.41, 5.74) is 3.65. The summed E-state index contributed by atoms with van der Waals surface area (Å²) < 4.78 is 5.16. The molecule has 21 heavy (non-hydrogen) atoms. The van der Waals surface area contributed by atoms with Gasteiger partial charge < -0.3 is 9.84 Å². The van der Waals surface area contributed by atoms with Crippen molar-refractivity contribution in [1.29, 1.82) is 0 Å². The summed E-state index contributed by atoms with van der Waals surface area (Å²) in [4.78, 5) is 12.8. The monoisotopic (exact) mass is 283 g/mol. The van der Waals surface area contributed by atoms with E-state index in [9.17, 15) is 0 Å². The number of fused-ring (bicyclic) bond motifs is 1. The third kappa shape index (κ3) is 2.99. The maximum absolute atomic E-state index is 5.16. The van der Waals surface area contributed by atoms with Crippen molar-refractivity contribution >= 4 is 17.0 Å². The van der Waals surface area contributed by atoms with Crippen LogP contribution < -0.4 is 5.32 Å². The highest BCUT2D eigenvalue weighted by atomic mass is 16.5. The van der Waals surface area contributed by atoms with Crippen molar-refractivity contribution in [3.05, 3.63) is 41.5 Å². The van der Waals surface area contributed by atoms with Gasteiger partial charge in [-0.15, -0.1) is 0 Å². The second-order valence-electron chi connectivity index (χ2n) is 4.93. The Hall–Kier alpha value is -2.50. The first-order chi connectivity index (χ1) is 10.2. The fourth-order valence-electron chi connectivity index (χ4n) is 2.29. The predicted octanol–water partition coefficient (Wildman–Crippen LogP) is 2.67. The van der Waals surface area contributed by atoms with Gasteiger partial charge in [-0.05, 0) is 38.8 Å². The molecule has 3 heterocycles. The normalized spacial score (nSPS) is 11.0. The predicted molar refractivity (Wildman–Crippen MR) is 80.1 cm³/mol. The molecule has 0 aliphatic rings. The van der Waals surface area contributed by atoms with Crippen molar-refractivity contribution in [1.82, 2.24) is 20.1 Å². The molecular weight excluding hydrogens is 266 g/mol. The standard InChI is InChI=1S/C15H17N5O/c1-10-12(11(2)21-20-10)4-3-7-17-14-6-5-13-15(19-14)18-9-8-16-13/h5-6,8-9H,3-4,7H2,1-2H3,(H,17,18,19). The lowest BCUT2D eigenvalue weighted by Gasteiger charge is -2.06. The van der Waals surface area contributed by atoms with E-state index < -0.39 is 0 Å². The molecule has 0 bridgehead atoms. The van der Waals surface area contributed by atoms with Crippen LogP contribution in [0.25, 0.3) is 11.2 Å². The second kappa shape index (κ2) is 5.87. The molecule has 0 saturated carbocycles. The molecule has 0 aromatic carbocycles. The Bertz CT molecular complexity index is 733. The molecule has 0 unspecified atom stereocenters. The van der Waals surface area contributed by atoms with Gasteiger partial charge in [0.05, 0.1) is 5.69 Å². The van der Waals surface area contributed by atoms with E-state index in [-0.39, 0.29) is 0 Å². The molecule has 0 radical (unpaired) electrons. The third-order valence-corrected chi connectivity index (χ3v) is 3.42. The van der Waals surface area contributed by atoms with Crippen LogP contribution in [0.5, 0.6) is 0 Å². The molecule has 0 aliphatic heterocycles. The van der Waals surface area contributed by atoms with Crippen LogP contribution in [0.1, 0.15) is 23.4 Å². The smallest absolute Gasteiger partial charge is 0.180 e. The Morgan fingerprint density at radius 1 is 1.14 bits per heavy atom. The minimum Gasteiger partial charge on any atom is -0.370 e. The molecular formula is C15H17N5O.